The molecule has 0 unspecified atom stereocenters. The fourth-order valence-electron chi connectivity index (χ4n) is 5.04. The number of carbonyl (C=O) groups is 1. The van der Waals surface area contributed by atoms with Gasteiger partial charge in [0.15, 0.2) is 0 Å². The number of nitrogens with one attached hydrogen (secondary N) is 1. The predicted molar refractivity (Wildman–Crippen MR) is 145 cm³/mol. The lowest BCUT2D eigenvalue weighted by Gasteiger charge is -2.15. The van der Waals surface area contributed by atoms with E-state index < -0.39 is 5.97 Å². The van der Waals surface area contributed by atoms with Gasteiger partial charge in [0.25, 0.3) is 0 Å². The molecular weight excluding hydrogens is 448 g/mol. The molecule has 5 rings (SSSR count). The van der Waals surface area contributed by atoms with E-state index in [2.05, 4.69) is 48.9 Å². The summed E-state index contributed by atoms with van der Waals surface area (Å²) < 4.78 is 6.11. The van der Waals surface area contributed by atoms with Crippen LogP contribution in [0.3, 0.4) is 0 Å². The quantitative estimate of drug-likeness (QED) is 0.226. The van der Waals surface area contributed by atoms with Gasteiger partial charge in [-0.3, -0.25) is 4.98 Å². The number of fused-ring (bicyclic) bond motifs is 2. The molecule has 0 spiro atoms. The number of aromatic nitrogens is 2. The Hall–Kier alpha value is -4.12. The van der Waals surface area contributed by atoms with E-state index in [4.69, 9.17) is 4.74 Å². The van der Waals surface area contributed by atoms with Crippen molar-refractivity contribution < 1.29 is 14.6 Å². The lowest BCUT2D eigenvalue weighted by Crippen LogP contribution is -2.04. The van der Waals surface area contributed by atoms with Gasteiger partial charge in [0, 0.05) is 28.1 Å². The smallest absolute Gasteiger partial charge is 0.352 e. The van der Waals surface area contributed by atoms with Crippen LogP contribution in [0.4, 0.5) is 0 Å². The average molecular weight is 479 g/mol. The molecule has 0 bridgehead atoms. The lowest BCUT2D eigenvalue weighted by molar-refractivity contribution is 0.0690. The number of hydrogen-bond acceptors (Lipinski definition) is 3. The number of pyridine rings is 1. The van der Waals surface area contributed by atoms with Crippen LogP contribution in [0, 0.1) is 6.92 Å². The molecule has 36 heavy (non-hydrogen) atoms. The maximum atomic E-state index is 12.2. The molecule has 182 valence electrons. The van der Waals surface area contributed by atoms with Gasteiger partial charge in [-0.1, -0.05) is 68.4 Å². The van der Waals surface area contributed by atoms with E-state index in [-0.39, 0.29) is 11.6 Å². The van der Waals surface area contributed by atoms with Crippen molar-refractivity contribution in [1.82, 2.24) is 9.97 Å². The zero-order valence-corrected chi connectivity index (χ0v) is 20.8. The molecule has 0 saturated carbocycles. The van der Waals surface area contributed by atoms with E-state index in [1.807, 2.05) is 54.7 Å². The first-order valence-electron chi connectivity index (χ1n) is 12.4. The summed E-state index contributed by atoms with van der Waals surface area (Å²) in [5, 5.41) is 13.2. The molecule has 0 aliphatic carbocycles. The third kappa shape index (κ3) is 4.33. The van der Waals surface area contributed by atoms with Gasteiger partial charge in [-0.15, -0.1) is 0 Å². The molecule has 0 amide bonds. The summed E-state index contributed by atoms with van der Waals surface area (Å²) in [6.07, 6.45) is 3.13. The third-order valence-electron chi connectivity index (χ3n) is 6.74. The van der Waals surface area contributed by atoms with Crippen molar-refractivity contribution in [2.45, 2.75) is 39.5 Å². The highest BCUT2D eigenvalue weighted by atomic mass is 16.5. The molecule has 2 N–H and O–H groups in total. The topological polar surface area (TPSA) is 75.2 Å². The van der Waals surface area contributed by atoms with Crippen LogP contribution in [0.5, 0.6) is 5.75 Å². The Morgan fingerprint density at radius 2 is 1.75 bits per heavy atom. The normalized spacial score (nSPS) is 11.4. The number of aromatic amines is 1. The number of benzene rings is 3. The number of carboxylic acid groups (broad SMARTS) is 1. The highest BCUT2D eigenvalue weighted by Crippen LogP contribution is 2.37. The van der Waals surface area contributed by atoms with E-state index in [0.29, 0.717) is 19.4 Å². The maximum Gasteiger partial charge on any atom is 0.352 e. The molecule has 2 heterocycles. The van der Waals surface area contributed by atoms with Crippen LogP contribution in [0.1, 0.15) is 53.5 Å². The van der Waals surface area contributed by atoms with Crippen molar-refractivity contribution in [2.75, 3.05) is 6.61 Å². The fourth-order valence-corrected chi connectivity index (χ4v) is 5.04. The summed E-state index contributed by atoms with van der Waals surface area (Å²) in [6.45, 7) is 6.83. The van der Waals surface area contributed by atoms with Gasteiger partial charge in [0.05, 0.1) is 17.8 Å². The van der Waals surface area contributed by atoms with E-state index in [1.165, 1.54) is 0 Å². The summed E-state index contributed by atoms with van der Waals surface area (Å²) >= 11 is 0. The van der Waals surface area contributed by atoms with Gasteiger partial charge < -0.3 is 14.8 Å². The number of hydrogen-bond donors (Lipinski definition) is 2. The third-order valence-corrected chi connectivity index (χ3v) is 6.74. The predicted octanol–water partition coefficient (Wildman–Crippen LogP) is 7.52. The van der Waals surface area contributed by atoms with E-state index in [1.54, 1.807) is 0 Å². The standard InChI is InChI=1S/C31H30N2O3/c1-19(2)28-27(20(3)16-17-32-28)25-13-7-12-23-24(30(31(34)35)33-29(23)25)14-8-18-36-26-15-6-10-21-9-4-5-11-22(21)26/h4-7,9-13,15-17,19,33H,8,14,18H2,1-3H3,(H,34,35). The zero-order chi connectivity index (χ0) is 25.2. The summed E-state index contributed by atoms with van der Waals surface area (Å²) in [4.78, 5) is 20.1. The molecule has 0 radical (unpaired) electrons. The van der Waals surface area contributed by atoms with Crippen LogP contribution < -0.4 is 4.74 Å². The first-order valence-corrected chi connectivity index (χ1v) is 12.4. The van der Waals surface area contributed by atoms with E-state index in [9.17, 15) is 9.90 Å². The largest absolute Gasteiger partial charge is 0.493 e. The summed E-state index contributed by atoms with van der Waals surface area (Å²) in [7, 11) is 0. The van der Waals surface area contributed by atoms with Gasteiger partial charge >= 0.3 is 5.97 Å². The Bertz CT molecular complexity index is 1560. The minimum Gasteiger partial charge on any atom is -0.493 e. The van der Waals surface area contributed by atoms with Crippen LogP contribution in [0.25, 0.3) is 32.8 Å². The van der Waals surface area contributed by atoms with Crippen molar-refractivity contribution in [3.05, 3.63) is 95.4 Å². The highest BCUT2D eigenvalue weighted by Gasteiger charge is 2.21. The van der Waals surface area contributed by atoms with Gasteiger partial charge in [-0.2, -0.15) is 0 Å². The van der Waals surface area contributed by atoms with Crippen molar-refractivity contribution in [3.8, 4) is 16.9 Å². The number of carboxylic acids is 1. The molecular formula is C31H30N2O3. The molecule has 3 aromatic carbocycles. The Balaban J connectivity index is 1.46. The minimum atomic E-state index is -0.950. The van der Waals surface area contributed by atoms with Crippen molar-refractivity contribution in [1.29, 1.82) is 0 Å². The van der Waals surface area contributed by atoms with Gasteiger partial charge in [0.1, 0.15) is 11.4 Å². The monoisotopic (exact) mass is 478 g/mol. The van der Waals surface area contributed by atoms with E-state index in [0.717, 1.165) is 55.4 Å². The number of H-pyrrole nitrogens is 1. The number of para-hydroxylation sites is 1. The highest BCUT2D eigenvalue weighted by molar-refractivity contribution is 6.03. The number of aryl methyl sites for hydroxylation is 2. The van der Waals surface area contributed by atoms with Crippen LogP contribution in [0.15, 0.2) is 72.9 Å². The first kappa shape index (κ1) is 23.6. The molecule has 5 nitrogen and oxygen atoms in total. The number of nitrogens with zero attached hydrogens (tertiary/aromatic N) is 1. The van der Waals surface area contributed by atoms with Crippen LogP contribution >= 0.6 is 0 Å². The number of aromatic carboxylic acids is 1. The molecule has 0 saturated heterocycles. The Morgan fingerprint density at radius 1 is 1.00 bits per heavy atom. The van der Waals surface area contributed by atoms with Crippen LogP contribution in [0.2, 0.25) is 0 Å². The minimum absolute atomic E-state index is 0.245. The molecule has 0 aliphatic rings. The Labute approximate surface area is 210 Å². The first-order chi connectivity index (χ1) is 17.5. The molecule has 5 heteroatoms. The fraction of sp³-hybridized carbons (Fsp3) is 0.226. The second kappa shape index (κ2) is 9.86. The van der Waals surface area contributed by atoms with E-state index >= 15 is 0 Å². The van der Waals surface area contributed by atoms with Crippen LogP contribution in [-0.4, -0.2) is 27.7 Å². The second-order valence-electron chi connectivity index (χ2n) is 9.48. The second-order valence-corrected chi connectivity index (χ2v) is 9.48. The molecule has 0 aliphatic heterocycles. The number of ether oxygens (including phenoxy) is 1. The molecule has 0 fully saturated rings. The van der Waals surface area contributed by atoms with Gasteiger partial charge in [-0.05, 0) is 54.3 Å². The van der Waals surface area contributed by atoms with Crippen LogP contribution in [-0.2, 0) is 6.42 Å². The Kier molecular flexibility index (Phi) is 6.47. The van der Waals surface area contributed by atoms with Crippen molar-refractivity contribution in [3.63, 3.8) is 0 Å². The van der Waals surface area contributed by atoms with Gasteiger partial charge in [0.2, 0.25) is 0 Å². The van der Waals surface area contributed by atoms with Crippen molar-refractivity contribution >= 4 is 27.6 Å². The average Bonchev–Trinajstić information content (AvgIpc) is 3.26. The van der Waals surface area contributed by atoms with Crippen molar-refractivity contribution in [2.24, 2.45) is 0 Å². The molecule has 5 aromatic rings. The Morgan fingerprint density at radius 3 is 2.56 bits per heavy atom. The van der Waals surface area contributed by atoms with Gasteiger partial charge in [-0.25, -0.2) is 4.79 Å². The SMILES string of the molecule is Cc1ccnc(C(C)C)c1-c1cccc2c(CCCOc3cccc4ccccc34)c(C(=O)O)[nH]c12. The summed E-state index contributed by atoms with van der Waals surface area (Å²) in [6, 6.07) is 22.3. The summed E-state index contributed by atoms with van der Waals surface area (Å²) in [5.74, 6) is 0.143. The number of rotatable bonds is 8. The zero-order valence-electron chi connectivity index (χ0n) is 20.8. The summed E-state index contributed by atoms with van der Waals surface area (Å²) in [5.41, 5.74) is 6.10. The maximum absolute atomic E-state index is 12.2. The molecule has 2 aromatic heterocycles. The lowest BCUT2D eigenvalue weighted by atomic mass is 9.92. The molecule has 0 atom stereocenters.